The van der Waals surface area contributed by atoms with Crippen molar-refractivity contribution in [2.45, 2.75) is 54.9 Å². The molecule has 3 nitrogen and oxygen atoms in total. The Bertz CT molecular complexity index is 799. The summed E-state index contributed by atoms with van der Waals surface area (Å²) in [6, 6.07) is 0. The molecular formula is C22H30O3. The van der Waals surface area contributed by atoms with Gasteiger partial charge in [0, 0.05) is 5.56 Å². The average molecular weight is 342 g/mol. The average Bonchev–Trinajstić information content (AvgIpc) is 2.52. The molecule has 0 saturated heterocycles. The number of ether oxygens (including phenoxy) is 1. The van der Waals surface area contributed by atoms with Crippen LogP contribution in [-0.2, 0) is 0 Å². The maximum Gasteiger partial charge on any atom is 0.291 e. The summed E-state index contributed by atoms with van der Waals surface area (Å²) in [5.41, 5.74) is 5.50. The first kappa shape index (κ1) is 20.8. The van der Waals surface area contributed by atoms with E-state index in [4.69, 9.17) is 9.15 Å². The molecule has 1 aromatic heterocycles. The largest absolute Gasteiger partial charge is 0.468 e. The molecule has 0 radical (unpaired) electrons. The van der Waals surface area contributed by atoms with Crippen molar-refractivity contribution in [3.63, 3.8) is 0 Å². The summed E-state index contributed by atoms with van der Waals surface area (Å²) in [5.74, 6) is 0.847. The molecule has 0 saturated carbocycles. The second-order valence-electron chi connectivity index (χ2n) is 6.46. The topological polar surface area (TPSA) is 39.4 Å². The molecule has 0 N–H and O–H groups in total. The molecule has 0 aliphatic heterocycles. The fourth-order valence-electron chi connectivity index (χ4n) is 2.88. The third kappa shape index (κ3) is 5.63. The van der Waals surface area contributed by atoms with Gasteiger partial charge >= 0.3 is 0 Å². The minimum atomic E-state index is -0.0381. The summed E-state index contributed by atoms with van der Waals surface area (Å²) in [6.07, 6.45) is 9.54. The van der Waals surface area contributed by atoms with Gasteiger partial charge in [0.05, 0.1) is 12.7 Å². The smallest absolute Gasteiger partial charge is 0.291 e. The minimum Gasteiger partial charge on any atom is -0.468 e. The van der Waals surface area contributed by atoms with Crippen molar-refractivity contribution >= 4 is 5.57 Å². The van der Waals surface area contributed by atoms with Gasteiger partial charge < -0.3 is 9.15 Å². The third-order valence-corrected chi connectivity index (χ3v) is 3.95. The first-order valence-electron chi connectivity index (χ1n) is 8.61. The highest BCUT2D eigenvalue weighted by molar-refractivity contribution is 5.65. The summed E-state index contributed by atoms with van der Waals surface area (Å²) >= 11 is 0. The summed E-state index contributed by atoms with van der Waals surface area (Å²) in [4.78, 5) is 12.3. The molecule has 0 aliphatic rings. The van der Waals surface area contributed by atoms with Gasteiger partial charge in [0.25, 0.3) is 5.95 Å². The van der Waals surface area contributed by atoms with Crippen molar-refractivity contribution in [1.82, 2.24) is 0 Å². The molecule has 0 unspecified atom stereocenters. The van der Waals surface area contributed by atoms with Crippen molar-refractivity contribution in [2.75, 3.05) is 7.11 Å². The predicted octanol–water partition coefficient (Wildman–Crippen LogP) is 5.92. The summed E-state index contributed by atoms with van der Waals surface area (Å²) < 4.78 is 11.0. The number of hydrogen-bond donors (Lipinski definition) is 0. The van der Waals surface area contributed by atoms with Crippen LogP contribution in [0, 0.1) is 13.8 Å². The van der Waals surface area contributed by atoms with Crippen molar-refractivity contribution in [2.24, 2.45) is 0 Å². The van der Waals surface area contributed by atoms with Gasteiger partial charge in [-0.25, -0.2) is 0 Å². The van der Waals surface area contributed by atoms with Gasteiger partial charge in [0.1, 0.15) is 5.76 Å². The maximum absolute atomic E-state index is 12.3. The molecule has 3 heteroatoms. The number of hydrogen-bond acceptors (Lipinski definition) is 3. The molecular weight excluding hydrogens is 312 g/mol. The summed E-state index contributed by atoms with van der Waals surface area (Å²) in [7, 11) is 1.51. The Morgan fingerprint density at radius 1 is 0.960 bits per heavy atom. The van der Waals surface area contributed by atoms with E-state index in [1.54, 1.807) is 13.8 Å². The van der Waals surface area contributed by atoms with E-state index in [0.717, 1.165) is 17.6 Å². The molecule has 1 rings (SSSR count). The van der Waals surface area contributed by atoms with Crippen LogP contribution in [0.2, 0.25) is 0 Å². The second-order valence-corrected chi connectivity index (χ2v) is 6.46. The van der Waals surface area contributed by atoms with Crippen molar-refractivity contribution < 1.29 is 9.15 Å². The Kier molecular flexibility index (Phi) is 7.69. The van der Waals surface area contributed by atoms with E-state index >= 15 is 0 Å². The normalized spacial score (nSPS) is 14.1. The molecule has 0 bridgehead atoms. The van der Waals surface area contributed by atoms with Crippen LogP contribution in [0.1, 0.15) is 57.9 Å². The number of allylic oxidation sites excluding steroid dienone is 8. The van der Waals surface area contributed by atoms with E-state index in [2.05, 4.69) is 39.0 Å². The van der Waals surface area contributed by atoms with Crippen LogP contribution in [0.3, 0.4) is 0 Å². The quantitative estimate of drug-likeness (QED) is 0.603. The lowest BCUT2D eigenvalue weighted by Crippen LogP contribution is -2.12. The van der Waals surface area contributed by atoms with Crippen LogP contribution < -0.4 is 10.2 Å². The van der Waals surface area contributed by atoms with Crippen molar-refractivity contribution in [3.8, 4) is 5.95 Å². The first-order chi connectivity index (χ1) is 11.7. The van der Waals surface area contributed by atoms with Gasteiger partial charge in [0.15, 0.2) is 5.43 Å². The van der Waals surface area contributed by atoms with Crippen LogP contribution in [-0.4, -0.2) is 7.11 Å². The fourth-order valence-corrected chi connectivity index (χ4v) is 2.88. The standard InChI is InChI=1S/C22H30O3/c1-9-10-14(2)11-15(3)12-16(4)13-17(5)21-18(6)20(23)19(7)22(24-8)25-21/h10-13H,9H2,1-8H3/b14-10-,15-11-,16-12-,17-13+. The Labute approximate surface area is 151 Å². The minimum absolute atomic E-state index is 0.0381. The predicted molar refractivity (Wildman–Crippen MR) is 106 cm³/mol. The van der Waals surface area contributed by atoms with E-state index < -0.39 is 0 Å². The fraction of sp³-hybridized carbons (Fsp3) is 0.409. The van der Waals surface area contributed by atoms with Crippen LogP contribution >= 0.6 is 0 Å². The SMILES string of the molecule is CC\C=C(C)/C=C(C)\C=C(C)/C=C(\C)c1oc(OC)c(C)c(=O)c1C. The van der Waals surface area contributed by atoms with E-state index in [1.165, 1.54) is 18.3 Å². The zero-order valence-corrected chi connectivity index (χ0v) is 16.7. The van der Waals surface area contributed by atoms with Crippen molar-refractivity contribution in [3.05, 3.63) is 68.1 Å². The zero-order valence-electron chi connectivity index (χ0n) is 16.7. The molecule has 0 spiro atoms. The highest BCUT2D eigenvalue weighted by Gasteiger charge is 2.15. The Morgan fingerprint density at radius 2 is 1.52 bits per heavy atom. The van der Waals surface area contributed by atoms with Crippen LogP contribution in [0.25, 0.3) is 5.57 Å². The zero-order chi connectivity index (χ0) is 19.1. The highest BCUT2D eigenvalue weighted by atomic mass is 16.6. The maximum atomic E-state index is 12.3. The molecule has 136 valence electrons. The number of methoxy groups -OCH3 is 1. The molecule has 25 heavy (non-hydrogen) atoms. The molecule has 0 amide bonds. The van der Waals surface area contributed by atoms with E-state index in [9.17, 15) is 4.79 Å². The lowest BCUT2D eigenvalue weighted by atomic mass is 10.0. The van der Waals surface area contributed by atoms with Crippen molar-refractivity contribution in [1.29, 1.82) is 0 Å². The monoisotopic (exact) mass is 342 g/mol. The van der Waals surface area contributed by atoms with Gasteiger partial charge in [0.2, 0.25) is 0 Å². The van der Waals surface area contributed by atoms with Crippen LogP contribution in [0.15, 0.2) is 50.2 Å². The van der Waals surface area contributed by atoms with Gasteiger partial charge in [-0.1, -0.05) is 47.9 Å². The Hall–Kier alpha value is -2.29. The van der Waals surface area contributed by atoms with Crippen LogP contribution in [0.5, 0.6) is 5.95 Å². The lowest BCUT2D eigenvalue weighted by molar-refractivity contribution is 0.288. The molecule has 0 atom stereocenters. The molecule has 0 aromatic carbocycles. The second kappa shape index (κ2) is 9.26. The molecule has 0 aliphatic carbocycles. The first-order valence-corrected chi connectivity index (χ1v) is 8.61. The number of rotatable bonds is 6. The molecule has 1 aromatic rings. The summed E-state index contributed by atoms with van der Waals surface area (Å²) in [5, 5.41) is 0. The van der Waals surface area contributed by atoms with Gasteiger partial charge in [-0.3, -0.25) is 4.79 Å². The summed E-state index contributed by atoms with van der Waals surface area (Å²) in [6.45, 7) is 13.8. The van der Waals surface area contributed by atoms with E-state index in [1.807, 2.05) is 19.9 Å². The Balaban J connectivity index is 3.25. The lowest BCUT2D eigenvalue weighted by Gasteiger charge is -2.10. The van der Waals surface area contributed by atoms with Crippen LogP contribution in [0.4, 0.5) is 0 Å². The van der Waals surface area contributed by atoms with E-state index in [-0.39, 0.29) is 11.4 Å². The van der Waals surface area contributed by atoms with Gasteiger partial charge in [-0.2, -0.15) is 0 Å². The molecule has 1 heterocycles. The van der Waals surface area contributed by atoms with Gasteiger partial charge in [-0.15, -0.1) is 0 Å². The third-order valence-electron chi connectivity index (χ3n) is 3.95. The highest BCUT2D eigenvalue weighted by Crippen LogP contribution is 2.25. The van der Waals surface area contributed by atoms with E-state index in [0.29, 0.717) is 16.9 Å². The van der Waals surface area contributed by atoms with Gasteiger partial charge in [-0.05, 0) is 53.5 Å². The molecule has 0 fully saturated rings. The Morgan fingerprint density at radius 3 is 2.08 bits per heavy atom.